The van der Waals surface area contributed by atoms with E-state index in [2.05, 4.69) is 24.0 Å². The van der Waals surface area contributed by atoms with Gasteiger partial charge in [0.1, 0.15) is 0 Å². The molecule has 0 fully saturated rings. The standard InChI is InChI=1S/C9H16N4O/c1-3-7(2)6-13-5-4-11-9(13)8(10)12-14/h4-5,7,14H,3,6H2,1-2H3,(H2,10,12). The van der Waals surface area contributed by atoms with E-state index in [0.29, 0.717) is 11.7 Å². The number of rotatable bonds is 4. The highest BCUT2D eigenvalue weighted by Gasteiger charge is 2.09. The molecule has 1 rings (SSSR count). The van der Waals surface area contributed by atoms with Gasteiger partial charge >= 0.3 is 0 Å². The molecular weight excluding hydrogens is 180 g/mol. The first kappa shape index (κ1) is 10.6. The molecule has 0 aliphatic heterocycles. The van der Waals surface area contributed by atoms with Crippen LogP contribution in [0.15, 0.2) is 17.5 Å². The van der Waals surface area contributed by atoms with Crippen molar-refractivity contribution in [1.82, 2.24) is 9.55 Å². The molecule has 0 saturated heterocycles. The lowest BCUT2D eigenvalue weighted by Gasteiger charge is -2.11. The van der Waals surface area contributed by atoms with Crippen molar-refractivity contribution in [3.8, 4) is 0 Å². The minimum absolute atomic E-state index is 0.0540. The average Bonchev–Trinajstić information content (AvgIpc) is 2.64. The zero-order valence-corrected chi connectivity index (χ0v) is 8.51. The Morgan fingerprint density at radius 2 is 2.50 bits per heavy atom. The first-order valence-electron chi connectivity index (χ1n) is 4.68. The molecule has 0 bridgehead atoms. The Hall–Kier alpha value is -1.52. The van der Waals surface area contributed by atoms with Gasteiger partial charge in [-0.15, -0.1) is 0 Å². The van der Waals surface area contributed by atoms with Crippen LogP contribution in [0, 0.1) is 5.92 Å². The Kier molecular flexibility index (Phi) is 3.50. The molecule has 0 saturated carbocycles. The molecule has 0 spiro atoms. The first-order chi connectivity index (χ1) is 6.69. The summed E-state index contributed by atoms with van der Waals surface area (Å²) in [5.41, 5.74) is 5.47. The topological polar surface area (TPSA) is 76.4 Å². The maximum Gasteiger partial charge on any atom is 0.206 e. The van der Waals surface area contributed by atoms with Crippen molar-refractivity contribution < 1.29 is 5.21 Å². The molecule has 0 aliphatic rings. The quantitative estimate of drug-likeness (QED) is 0.327. The van der Waals surface area contributed by atoms with Crippen LogP contribution in [0.2, 0.25) is 0 Å². The Morgan fingerprint density at radius 3 is 3.07 bits per heavy atom. The van der Waals surface area contributed by atoms with Crippen LogP contribution in [0.25, 0.3) is 0 Å². The van der Waals surface area contributed by atoms with Gasteiger partial charge in [0, 0.05) is 18.9 Å². The second-order valence-electron chi connectivity index (χ2n) is 3.40. The molecule has 1 aromatic rings. The number of nitrogens with zero attached hydrogens (tertiary/aromatic N) is 3. The van der Waals surface area contributed by atoms with Gasteiger partial charge < -0.3 is 15.5 Å². The van der Waals surface area contributed by atoms with E-state index in [9.17, 15) is 0 Å². The molecule has 0 aromatic carbocycles. The lowest BCUT2D eigenvalue weighted by atomic mass is 10.1. The van der Waals surface area contributed by atoms with Gasteiger partial charge in [0.2, 0.25) is 5.84 Å². The molecule has 14 heavy (non-hydrogen) atoms. The van der Waals surface area contributed by atoms with Crippen molar-refractivity contribution in [3.63, 3.8) is 0 Å². The largest absolute Gasteiger partial charge is 0.409 e. The summed E-state index contributed by atoms with van der Waals surface area (Å²) in [7, 11) is 0. The van der Waals surface area contributed by atoms with Gasteiger partial charge in [-0.05, 0) is 5.92 Å². The van der Waals surface area contributed by atoms with Crippen molar-refractivity contribution in [2.45, 2.75) is 26.8 Å². The zero-order valence-electron chi connectivity index (χ0n) is 8.51. The SMILES string of the molecule is CCC(C)Cn1ccnc1C(N)=NO. The molecule has 3 N–H and O–H groups in total. The van der Waals surface area contributed by atoms with E-state index in [4.69, 9.17) is 10.9 Å². The number of oxime groups is 1. The second-order valence-corrected chi connectivity index (χ2v) is 3.40. The molecular formula is C9H16N4O. The van der Waals surface area contributed by atoms with E-state index in [0.717, 1.165) is 13.0 Å². The van der Waals surface area contributed by atoms with Crippen LogP contribution < -0.4 is 5.73 Å². The Bertz CT molecular complexity index is 318. The van der Waals surface area contributed by atoms with E-state index in [-0.39, 0.29) is 5.84 Å². The second kappa shape index (κ2) is 4.64. The number of hydrogen-bond donors (Lipinski definition) is 2. The van der Waals surface area contributed by atoms with Gasteiger partial charge in [0.25, 0.3) is 0 Å². The summed E-state index contributed by atoms with van der Waals surface area (Å²) < 4.78 is 1.89. The maximum absolute atomic E-state index is 8.53. The van der Waals surface area contributed by atoms with E-state index in [1.165, 1.54) is 0 Å². The number of aromatic nitrogens is 2. The fraction of sp³-hybridized carbons (Fsp3) is 0.556. The highest BCUT2D eigenvalue weighted by molar-refractivity contribution is 5.93. The summed E-state index contributed by atoms with van der Waals surface area (Å²) in [5.74, 6) is 1.13. The predicted octanol–water partition coefficient (Wildman–Crippen LogP) is 1.02. The van der Waals surface area contributed by atoms with Gasteiger partial charge in [-0.3, -0.25) is 0 Å². The third-order valence-electron chi connectivity index (χ3n) is 2.26. The van der Waals surface area contributed by atoms with Crippen LogP contribution in [-0.4, -0.2) is 20.6 Å². The lowest BCUT2D eigenvalue weighted by molar-refractivity contribution is 0.318. The Balaban J connectivity index is 2.82. The number of nitrogens with two attached hydrogens (primary N) is 1. The summed E-state index contributed by atoms with van der Waals surface area (Å²) >= 11 is 0. The molecule has 78 valence electrons. The van der Waals surface area contributed by atoms with E-state index >= 15 is 0 Å². The van der Waals surface area contributed by atoms with Crippen LogP contribution in [0.1, 0.15) is 26.1 Å². The normalized spacial score (nSPS) is 14.3. The Morgan fingerprint density at radius 1 is 1.79 bits per heavy atom. The van der Waals surface area contributed by atoms with E-state index < -0.39 is 0 Å². The van der Waals surface area contributed by atoms with Crippen molar-refractivity contribution in [3.05, 3.63) is 18.2 Å². The molecule has 0 amide bonds. The molecule has 1 aromatic heterocycles. The molecule has 5 heteroatoms. The molecule has 0 radical (unpaired) electrons. The third kappa shape index (κ3) is 2.25. The molecule has 1 atom stereocenters. The molecule has 5 nitrogen and oxygen atoms in total. The molecule has 1 unspecified atom stereocenters. The van der Waals surface area contributed by atoms with Gasteiger partial charge in [-0.2, -0.15) is 0 Å². The highest BCUT2D eigenvalue weighted by Crippen LogP contribution is 2.07. The maximum atomic E-state index is 8.53. The number of imidazole rings is 1. The fourth-order valence-corrected chi connectivity index (χ4v) is 1.20. The highest BCUT2D eigenvalue weighted by atomic mass is 16.4. The predicted molar refractivity (Wildman–Crippen MR) is 54.2 cm³/mol. The average molecular weight is 196 g/mol. The minimum Gasteiger partial charge on any atom is -0.409 e. The van der Waals surface area contributed by atoms with Crippen molar-refractivity contribution in [1.29, 1.82) is 0 Å². The summed E-state index contributed by atoms with van der Waals surface area (Å²) in [5, 5.41) is 11.5. The summed E-state index contributed by atoms with van der Waals surface area (Å²) in [4.78, 5) is 4.02. The number of hydrogen-bond acceptors (Lipinski definition) is 3. The smallest absolute Gasteiger partial charge is 0.206 e. The Labute approximate surface area is 83.2 Å². The number of amidine groups is 1. The van der Waals surface area contributed by atoms with Crippen molar-refractivity contribution >= 4 is 5.84 Å². The van der Waals surface area contributed by atoms with Crippen LogP contribution in [0.4, 0.5) is 0 Å². The third-order valence-corrected chi connectivity index (χ3v) is 2.26. The van der Waals surface area contributed by atoms with Gasteiger partial charge in [-0.1, -0.05) is 25.4 Å². The summed E-state index contributed by atoms with van der Waals surface area (Å²) in [6.07, 6.45) is 4.57. The van der Waals surface area contributed by atoms with Crippen LogP contribution in [-0.2, 0) is 6.54 Å². The lowest BCUT2D eigenvalue weighted by Crippen LogP contribution is -2.21. The minimum atomic E-state index is 0.0540. The zero-order chi connectivity index (χ0) is 10.6. The van der Waals surface area contributed by atoms with E-state index in [1.807, 2.05) is 10.8 Å². The van der Waals surface area contributed by atoms with Gasteiger partial charge in [-0.25, -0.2) is 4.98 Å². The van der Waals surface area contributed by atoms with Gasteiger partial charge in [0.05, 0.1) is 0 Å². The van der Waals surface area contributed by atoms with Crippen LogP contribution >= 0.6 is 0 Å². The monoisotopic (exact) mass is 196 g/mol. The molecule has 0 aliphatic carbocycles. The van der Waals surface area contributed by atoms with E-state index in [1.54, 1.807) is 6.20 Å². The van der Waals surface area contributed by atoms with Crippen molar-refractivity contribution in [2.24, 2.45) is 16.8 Å². The van der Waals surface area contributed by atoms with Crippen molar-refractivity contribution in [2.75, 3.05) is 0 Å². The van der Waals surface area contributed by atoms with Crippen LogP contribution in [0.5, 0.6) is 0 Å². The molecule has 1 heterocycles. The summed E-state index contributed by atoms with van der Waals surface area (Å²) in [6, 6.07) is 0. The van der Waals surface area contributed by atoms with Gasteiger partial charge in [0.15, 0.2) is 5.82 Å². The first-order valence-corrected chi connectivity index (χ1v) is 4.68. The van der Waals surface area contributed by atoms with Crippen LogP contribution in [0.3, 0.4) is 0 Å². The fourth-order valence-electron chi connectivity index (χ4n) is 1.20. The summed E-state index contributed by atoms with van der Waals surface area (Å²) in [6.45, 7) is 5.11.